The van der Waals surface area contributed by atoms with Crippen LogP contribution in [0.5, 0.6) is 0 Å². The maximum Gasteiger partial charge on any atom is 0.0411 e. The summed E-state index contributed by atoms with van der Waals surface area (Å²) in [7, 11) is 0. The zero-order chi connectivity index (χ0) is 13.7. The molecule has 106 valence electrons. The molecule has 1 unspecified atom stereocenters. The van der Waals surface area contributed by atoms with Crippen LogP contribution in [0.3, 0.4) is 0 Å². The van der Waals surface area contributed by atoms with Gasteiger partial charge in [0.25, 0.3) is 0 Å². The second-order valence-corrected chi connectivity index (χ2v) is 6.29. The van der Waals surface area contributed by atoms with E-state index in [1.165, 1.54) is 49.7 Å². The maximum atomic E-state index is 6.24. The third-order valence-corrected chi connectivity index (χ3v) is 4.44. The number of hydrogen-bond donors (Lipinski definition) is 1. The molecule has 1 nitrogen and oxygen atoms in total. The molecular weight excluding hydrogens is 254 g/mol. The molecule has 0 aliphatic heterocycles. The van der Waals surface area contributed by atoms with Crippen molar-refractivity contribution in [2.75, 3.05) is 6.54 Å². The monoisotopic (exact) mass is 279 g/mol. The molecule has 1 N–H and O–H groups in total. The van der Waals surface area contributed by atoms with Crippen molar-refractivity contribution in [3.05, 3.63) is 34.3 Å². The predicted molar refractivity (Wildman–Crippen MR) is 83.8 cm³/mol. The van der Waals surface area contributed by atoms with Crippen molar-refractivity contribution in [3.8, 4) is 0 Å². The lowest BCUT2D eigenvalue weighted by atomic mass is 9.86. The van der Waals surface area contributed by atoms with Crippen molar-refractivity contribution in [2.45, 2.75) is 58.4 Å². The maximum absolute atomic E-state index is 6.24. The SMILES string of the molecule is CCNC(c1cc(C)cc(Cl)c1)C1CCCCCC1. The van der Waals surface area contributed by atoms with E-state index in [1.807, 2.05) is 6.07 Å². The van der Waals surface area contributed by atoms with E-state index in [9.17, 15) is 0 Å². The normalized spacial score (nSPS) is 19.1. The largest absolute Gasteiger partial charge is 0.310 e. The first-order valence-electron chi connectivity index (χ1n) is 7.71. The Morgan fingerprint density at radius 3 is 2.42 bits per heavy atom. The molecule has 2 heteroatoms. The van der Waals surface area contributed by atoms with Crippen molar-refractivity contribution in [1.29, 1.82) is 0 Å². The van der Waals surface area contributed by atoms with Gasteiger partial charge in [0.2, 0.25) is 0 Å². The van der Waals surface area contributed by atoms with E-state index in [-0.39, 0.29) is 0 Å². The van der Waals surface area contributed by atoms with Gasteiger partial charge in [0.15, 0.2) is 0 Å². The minimum absolute atomic E-state index is 0.473. The zero-order valence-corrected chi connectivity index (χ0v) is 13.0. The molecule has 0 heterocycles. The minimum atomic E-state index is 0.473. The van der Waals surface area contributed by atoms with Gasteiger partial charge in [0, 0.05) is 11.1 Å². The third-order valence-electron chi connectivity index (χ3n) is 4.22. The lowest BCUT2D eigenvalue weighted by molar-refractivity contribution is 0.330. The van der Waals surface area contributed by atoms with Crippen LogP contribution >= 0.6 is 11.6 Å². The first-order valence-corrected chi connectivity index (χ1v) is 8.09. The summed E-state index contributed by atoms with van der Waals surface area (Å²) in [4.78, 5) is 0. The van der Waals surface area contributed by atoms with E-state index in [1.54, 1.807) is 0 Å². The molecule has 1 aromatic carbocycles. The van der Waals surface area contributed by atoms with Gasteiger partial charge in [0.1, 0.15) is 0 Å². The first kappa shape index (κ1) is 14.9. The van der Waals surface area contributed by atoms with Gasteiger partial charge in [-0.2, -0.15) is 0 Å². The molecule has 0 radical (unpaired) electrons. The first-order chi connectivity index (χ1) is 9.20. The average Bonchev–Trinajstić information content (AvgIpc) is 2.63. The van der Waals surface area contributed by atoms with Gasteiger partial charge in [-0.1, -0.05) is 50.3 Å². The van der Waals surface area contributed by atoms with Gasteiger partial charge in [0.05, 0.1) is 0 Å². The molecule has 0 aromatic heterocycles. The average molecular weight is 280 g/mol. The van der Waals surface area contributed by atoms with E-state index in [4.69, 9.17) is 11.6 Å². The summed E-state index contributed by atoms with van der Waals surface area (Å²) in [5, 5.41) is 4.56. The van der Waals surface area contributed by atoms with Crippen LogP contribution in [0.2, 0.25) is 5.02 Å². The quantitative estimate of drug-likeness (QED) is 0.741. The predicted octanol–water partition coefficient (Wildman–Crippen LogP) is 5.27. The fourth-order valence-corrected chi connectivity index (χ4v) is 3.66. The molecule has 1 aliphatic rings. The molecule has 1 aliphatic carbocycles. The van der Waals surface area contributed by atoms with E-state index >= 15 is 0 Å². The van der Waals surface area contributed by atoms with Gasteiger partial charge in [-0.15, -0.1) is 0 Å². The molecule has 1 atom stereocenters. The summed E-state index contributed by atoms with van der Waals surface area (Å²) in [6.45, 7) is 5.35. The smallest absolute Gasteiger partial charge is 0.0411 e. The van der Waals surface area contributed by atoms with Crippen LogP contribution in [0.4, 0.5) is 0 Å². The van der Waals surface area contributed by atoms with Crippen LogP contribution in [0.25, 0.3) is 0 Å². The van der Waals surface area contributed by atoms with Crippen molar-refractivity contribution in [3.63, 3.8) is 0 Å². The van der Waals surface area contributed by atoms with Crippen molar-refractivity contribution < 1.29 is 0 Å². The van der Waals surface area contributed by atoms with Crippen LogP contribution in [0.15, 0.2) is 18.2 Å². The second-order valence-electron chi connectivity index (χ2n) is 5.85. The Kier molecular flexibility index (Phi) is 5.72. The lowest BCUT2D eigenvalue weighted by Gasteiger charge is -2.28. The molecule has 0 saturated heterocycles. The molecular formula is C17H26ClN. The molecule has 1 fully saturated rings. The van der Waals surface area contributed by atoms with E-state index < -0.39 is 0 Å². The highest BCUT2D eigenvalue weighted by atomic mass is 35.5. The summed E-state index contributed by atoms with van der Waals surface area (Å²) in [6, 6.07) is 6.96. The summed E-state index contributed by atoms with van der Waals surface area (Å²) in [5.74, 6) is 0.764. The number of halogens is 1. The van der Waals surface area contributed by atoms with Crippen LogP contribution < -0.4 is 5.32 Å². The Balaban J connectivity index is 2.22. The van der Waals surface area contributed by atoms with Gasteiger partial charge in [-0.05, 0) is 55.5 Å². The van der Waals surface area contributed by atoms with E-state index in [2.05, 4.69) is 31.3 Å². The lowest BCUT2D eigenvalue weighted by Crippen LogP contribution is -2.28. The molecule has 1 saturated carbocycles. The number of aryl methyl sites for hydroxylation is 1. The van der Waals surface area contributed by atoms with Gasteiger partial charge in [-0.25, -0.2) is 0 Å². The highest BCUT2D eigenvalue weighted by molar-refractivity contribution is 6.30. The van der Waals surface area contributed by atoms with Gasteiger partial charge in [-0.3, -0.25) is 0 Å². The number of benzene rings is 1. The fraction of sp³-hybridized carbons (Fsp3) is 0.647. The van der Waals surface area contributed by atoms with Gasteiger partial charge < -0.3 is 5.32 Å². The summed E-state index contributed by atoms with van der Waals surface area (Å²) in [6.07, 6.45) is 8.28. The van der Waals surface area contributed by atoms with Crippen LogP contribution in [-0.4, -0.2) is 6.54 Å². The summed E-state index contributed by atoms with van der Waals surface area (Å²) >= 11 is 6.24. The second kappa shape index (κ2) is 7.31. The number of hydrogen-bond acceptors (Lipinski definition) is 1. The van der Waals surface area contributed by atoms with E-state index in [0.717, 1.165) is 17.5 Å². The third kappa shape index (κ3) is 4.22. The number of rotatable bonds is 4. The molecule has 2 rings (SSSR count). The van der Waals surface area contributed by atoms with Crippen LogP contribution in [0, 0.1) is 12.8 Å². The Hall–Kier alpha value is -0.530. The molecule has 0 spiro atoms. The molecule has 0 bridgehead atoms. The topological polar surface area (TPSA) is 12.0 Å². The van der Waals surface area contributed by atoms with E-state index in [0.29, 0.717) is 6.04 Å². The van der Waals surface area contributed by atoms with Crippen molar-refractivity contribution >= 4 is 11.6 Å². The Morgan fingerprint density at radius 2 is 1.84 bits per heavy atom. The number of nitrogens with one attached hydrogen (secondary N) is 1. The highest BCUT2D eigenvalue weighted by Gasteiger charge is 2.23. The van der Waals surface area contributed by atoms with Crippen molar-refractivity contribution in [2.24, 2.45) is 5.92 Å². The summed E-state index contributed by atoms with van der Waals surface area (Å²) < 4.78 is 0. The highest BCUT2D eigenvalue weighted by Crippen LogP contribution is 2.34. The molecule has 0 amide bonds. The Labute approximate surface area is 122 Å². The fourth-order valence-electron chi connectivity index (χ4n) is 3.37. The van der Waals surface area contributed by atoms with Gasteiger partial charge >= 0.3 is 0 Å². The van der Waals surface area contributed by atoms with Crippen molar-refractivity contribution in [1.82, 2.24) is 5.32 Å². The Bertz CT molecular complexity index is 374. The molecule has 19 heavy (non-hydrogen) atoms. The van der Waals surface area contributed by atoms with Crippen LogP contribution in [0.1, 0.15) is 62.6 Å². The Morgan fingerprint density at radius 1 is 1.16 bits per heavy atom. The molecule has 1 aromatic rings. The standard InChI is InChI=1S/C17H26ClN/c1-3-19-17(14-8-6-4-5-7-9-14)15-10-13(2)11-16(18)12-15/h10-12,14,17,19H,3-9H2,1-2H3. The minimum Gasteiger partial charge on any atom is -0.310 e. The summed E-state index contributed by atoms with van der Waals surface area (Å²) in [5.41, 5.74) is 2.64. The zero-order valence-electron chi connectivity index (χ0n) is 12.2. The van der Waals surface area contributed by atoms with Crippen LogP contribution in [-0.2, 0) is 0 Å².